The van der Waals surface area contributed by atoms with Crippen molar-refractivity contribution < 1.29 is 9.63 Å². The summed E-state index contributed by atoms with van der Waals surface area (Å²) >= 11 is 3.32. The predicted molar refractivity (Wildman–Crippen MR) is 47.6 cm³/mol. The van der Waals surface area contributed by atoms with Crippen LogP contribution in [0, 0.1) is 0 Å². The van der Waals surface area contributed by atoms with E-state index >= 15 is 0 Å². The molecule has 0 spiro atoms. The second-order valence-corrected chi connectivity index (χ2v) is 3.33. The van der Waals surface area contributed by atoms with Gasteiger partial charge >= 0.3 is 0 Å². The average molecular weight is 228 g/mol. The molecule has 0 unspecified atom stereocenters. The van der Waals surface area contributed by atoms with Crippen LogP contribution in [-0.4, -0.2) is 10.3 Å². The molecule has 0 amide bonds. The predicted octanol–water partition coefficient (Wildman–Crippen LogP) is 2.08. The van der Waals surface area contributed by atoms with E-state index < -0.39 is 0 Å². The van der Waals surface area contributed by atoms with Gasteiger partial charge in [-0.05, 0) is 33.6 Å². The number of aromatic nitrogens is 1. The molecule has 4 heteroatoms. The Morgan fingerprint density at radius 2 is 2.33 bits per heavy atom. The van der Waals surface area contributed by atoms with Crippen molar-refractivity contribution >= 4 is 26.9 Å². The summed E-state index contributed by atoms with van der Waals surface area (Å²) in [5, 5.41) is 13.4. The van der Waals surface area contributed by atoms with Crippen LogP contribution in [0.3, 0.4) is 0 Å². The molecule has 0 aliphatic rings. The third kappa shape index (κ3) is 1.13. The number of hydrogen-bond acceptors (Lipinski definition) is 3. The molecule has 0 saturated heterocycles. The zero-order valence-corrected chi connectivity index (χ0v) is 7.71. The molecule has 3 nitrogen and oxygen atoms in total. The first-order valence-corrected chi connectivity index (χ1v) is 4.24. The van der Waals surface area contributed by atoms with E-state index in [-0.39, 0.29) is 6.61 Å². The molecule has 2 aromatic rings. The summed E-state index contributed by atoms with van der Waals surface area (Å²) in [6, 6.07) is 3.66. The number of nitrogens with zero attached hydrogens (tertiary/aromatic N) is 1. The van der Waals surface area contributed by atoms with Gasteiger partial charge in [0, 0.05) is 5.39 Å². The minimum atomic E-state index is 0.0275. The van der Waals surface area contributed by atoms with Gasteiger partial charge in [-0.15, -0.1) is 0 Å². The van der Waals surface area contributed by atoms with Crippen LogP contribution in [0.4, 0.5) is 0 Å². The fourth-order valence-electron chi connectivity index (χ4n) is 1.09. The molecule has 0 aliphatic heterocycles. The van der Waals surface area contributed by atoms with E-state index in [1.807, 2.05) is 12.1 Å². The first-order chi connectivity index (χ1) is 5.81. The Morgan fingerprint density at radius 3 is 3.08 bits per heavy atom. The second-order valence-electron chi connectivity index (χ2n) is 2.48. The van der Waals surface area contributed by atoms with Crippen LogP contribution in [0.15, 0.2) is 27.3 Å². The van der Waals surface area contributed by atoms with Crippen LogP contribution in [0.1, 0.15) is 5.56 Å². The highest BCUT2D eigenvalue weighted by Gasteiger charge is 2.04. The fraction of sp³-hybridized carbons (Fsp3) is 0.125. The molecule has 1 heterocycles. The van der Waals surface area contributed by atoms with Crippen molar-refractivity contribution in [2.45, 2.75) is 6.61 Å². The fourth-order valence-corrected chi connectivity index (χ4v) is 1.69. The van der Waals surface area contributed by atoms with Gasteiger partial charge in [-0.2, -0.15) is 0 Å². The third-order valence-corrected chi connectivity index (χ3v) is 2.24. The number of hydrogen-bond donors (Lipinski definition) is 1. The highest BCUT2D eigenvalue weighted by Crippen LogP contribution is 2.25. The molecule has 0 aliphatic carbocycles. The summed E-state index contributed by atoms with van der Waals surface area (Å²) in [6.45, 7) is 0.0275. The Hall–Kier alpha value is -0.870. The lowest BCUT2D eigenvalue weighted by Gasteiger charge is -1.96. The van der Waals surface area contributed by atoms with E-state index in [4.69, 9.17) is 9.63 Å². The average Bonchev–Trinajstić information content (AvgIpc) is 2.52. The SMILES string of the molecule is OCc1cc(Br)c2oncc2c1. The number of aliphatic hydroxyl groups is 1. The molecule has 12 heavy (non-hydrogen) atoms. The Morgan fingerprint density at radius 1 is 1.50 bits per heavy atom. The van der Waals surface area contributed by atoms with Crippen LogP contribution in [-0.2, 0) is 6.61 Å². The summed E-state index contributed by atoms with van der Waals surface area (Å²) in [5.74, 6) is 0. The Labute approximate surface area is 77.1 Å². The molecular weight excluding hydrogens is 222 g/mol. The van der Waals surface area contributed by atoms with Crippen molar-refractivity contribution in [2.24, 2.45) is 0 Å². The molecule has 1 aromatic heterocycles. The standard InChI is InChI=1S/C8H6BrNO2/c9-7-2-5(4-11)1-6-3-10-12-8(6)7/h1-3,11H,4H2. The third-order valence-electron chi connectivity index (χ3n) is 1.65. The van der Waals surface area contributed by atoms with Gasteiger partial charge in [0.1, 0.15) is 0 Å². The maximum Gasteiger partial charge on any atom is 0.180 e. The molecule has 2 rings (SSSR count). The second kappa shape index (κ2) is 2.88. The lowest BCUT2D eigenvalue weighted by Crippen LogP contribution is -1.81. The van der Waals surface area contributed by atoms with Gasteiger partial charge in [0.15, 0.2) is 5.58 Å². The summed E-state index contributed by atoms with van der Waals surface area (Å²) in [4.78, 5) is 0. The summed E-state index contributed by atoms with van der Waals surface area (Å²) < 4.78 is 5.79. The van der Waals surface area contributed by atoms with E-state index in [1.165, 1.54) is 0 Å². The van der Waals surface area contributed by atoms with Gasteiger partial charge in [-0.1, -0.05) is 5.16 Å². The Balaban J connectivity index is 2.75. The first kappa shape index (κ1) is 7.76. The molecule has 0 radical (unpaired) electrons. The van der Waals surface area contributed by atoms with Crippen molar-refractivity contribution in [2.75, 3.05) is 0 Å². The van der Waals surface area contributed by atoms with Gasteiger partial charge in [-0.3, -0.25) is 0 Å². The van der Waals surface area contributed by atoms with Gasteiger partial charge in [-0.25, -0.2) is 0 Å². The van der Waals surface area contributed by atoms with Gasteiger partial charge < -0.3 is 9.63 Å². The van der Waals surface area contributed by atoms with E-state index in [0.29, 0.717) is 5.58 Å². The molecule has 0 bridgehead atoms. The van der Waals surface area contributed by atoms with Crippen LogP contribution < -0.4 is 0 Å². The number of fused-ring (bicyclic) bond motifs is 1. The molecule has 1 aromatic carbocycles. The lowest BCUT2D eigenvalue weighted by atomic mass is 10.2. The molecule has 1 N–H and O–H groups in total. The van der Waals surface area contributed by atoms with E-state index in [9.17, 15) is 0 Å². The first-order valence-electron chi connectivity index (χ1n) is 3.45. The Bertz CT molecular complexity index is 410. The van der Waals surface area contributed by atoms with Gasteiger partial charge in [0.2, 0.25) is 0 Å². The molecule has 0 fully saturated rings. The minimum absolute atomic E-state index is 0.0275. The minimum Gasteiger partial charge on any atom is -0.392 e. The smallest absolute Gasteiger partial charge is 0.180 e. The lowest BCUT2D eigenvalue weighted by molar-refractivity contribution is 0.282. The highest BCUT2D eigenvalue weighted by atomic mass is 79.9. The largest absolute Gasteiger partial charge is 0.392 e. The zero-order valence-electron chi connectivity index (χ0n) is 6.12. The van der Waals surface area contributed by atoms with E-state index in [1.54, 1.807) is 6.20 Å². The summed E-state index contributed by atoms with van der Waals surface area (Å²) in [5.41, 5.74) is 1.56. The van der Waals surface area contributed by atoms with Crippen molar-refractivity contribution in [1.82, 2.24) is 5.16 Å². The van der Waals surface area contributed by atoms with E-state index in [0.717, 1.165) is 15.4 Å². The molecule has 62 valence electrons. The number of aliphatic hydroxyl groups excluding tert-OH is 1. The highest BCUT2D eigenvalue weighted by molar-refractivity contribution is 9.10. The molecule has 0 saturated carbocycles. The van der Waals surface area contributed by atoms with Crippen molar-refractivity contribution in [3.63, 3.8) is 0 Å². The monoisotopic (exact) mass is 227 g/mol. The van der Waals surface area contributed by atoms with E-state index in [2.05, 4.69) is 21.1 Å². The maximum absolute atomic E-state index is 8.89. The topological polar surface area (TPSA) is 46.3 Å². The number of halogens is 1. The zero-order chi connectivity index (χ0) is 8.55. The van der Waals surface area contributed by atoms with Crippen molar-refractivity contribution in [3.05, 3.63) is 28.4 Å². The molecular formula is C8H6BrNO2. The quantitative estimate of drug-likeness (QED) is 0.812. The summed E-state index contributed by atoms with van der Waals surface area (Å²) in [6.07, 6.45) is 1.62. The van der Waals surface area contributed by atoms with Crippen LogP contribution >= 0.6 is 15.9 Å². The normalized spacial score (nSPS) is 10.8. The Kier molecular flexibility index (Phi) is 1.86. The van der Waals surface area contributed by atoms with Crippen molar-refractivity contribution in [1.29, 1.82) is 0 Å². The molecule has 0 atom stereocenters. The van der Waals surface area contributed by atoms with Crippen LogP contribution in [0.25, 0.3) is 11.0 Å². The van der Waals surface area contributed by atoms with Gasteiger partial charge in [0.05, 0.1) is 17.3 Å². The van der Waals surface area contributed by atoms with Crippen molar-refractivity contribution in [3.8, 4) is 0 Å². The van der Waals surface area contributed by atoms with Crippen LogP contribution in [0.5, 0.6) is 0 Å². The number of rotatable bonds is 1. The summed E-state index contributed by atoms with van der Waals surface area (Å²) in [7, 11) is 0. The number of benzene rings is 1. The van der Waals surface area contributed by atoms with Crippen LogP contribution in [0.2, 0.25) is 0 Å². The maximum atomic E-state index is 8.89. The van der Waals surface area contributed by atoms with Gasteiger partial charge in [0.25, 0.3) is 0 Å².